The largest absolute Gasteiger partial charge is 0.508 e. The predicted octanol–water partition coefficient (Wildman–Crippen LogP) is 4.55. The van der Waals surface area contributed by atoms with Gasteiger partial charge in [-0.25, -0.2) is 4.90 Å². The zero-order valence-electron chi connectivity index (χ0n) is 20.5. The molecule has 10 heteroatoms. The zero-order chi connectivity index (χ0) is 27.3. The minimum Gasteiger partial charge on any atom is -0.508 e. The summed E-state index contributed by atoms with van der Waals surface area (Å²) >= 11 is 20.5. The monoisotopic (exact) mass is 572 g/mol. The smallest absolute Gasteiger partial charge is 0.253 e. The van der Waals surface area contributed by atoms with Crippen LogP contribution in [-0.2, 0) is 19.2 Å². The average molecular weight is 574 g/mol. The van der Waals surface area contributed by atoms with Crippen molar-refractivity contribution in [3.63, 3.8) is 0 Å². The van der Waals surface area contributed by atoms with E-state index in [2.05, 4.69) is 0 Å². The molecule has 0 radical (unpaired) electrons. The fraction of sp³-hybridized carbons (Fsp3) is 0.357. The van der Waals surface area contributed by atoms with Gasteiger partial charge in [-0.3, -0.25) is 24.1 Å². The summed E-state index contributed by atoms with van der Waals surface area (Å²) in [6.45, 7) is 1.83. The second-order valence-electron chi connectivity index (χ2n) is 10.5. The Morgan fingerprint density at radius 2 is 1.71 bits per heavy atom. The topological polar surface area (TPSA) is 95.0 Å². The number of benzene rings is 2. The molecule has 2 aliphatic carbocycles. The van der Waals surface area contributed by atoms with Gasteiger partial charge in [-0.2, -0.15) is 0 Å². The number of alkyl halides is 2. The molecule has 2 saturated heterocycles. The Labute approximate surface area is 233 Å². The highest BCUT2D eigenvalue weighted by Crippen LogP contribution is 2.65. The molecule has 0 aromatic heterocycles. The van der Waals surface area contributed by atoms with E-state index in [1.165, 1.54) is 19.2 Å². The maximum absolute atomic E-state index is 13.9. The first-order chi connectivity index (χ1) is 17.9. The molecule has 4 amide bonds. The van der Waals surface area contributed by atoms with Crippen molar-refractivity contribution in [1.29, 1.82) is 0 Å². The van der Waals surface area contributed by atoms with Gasteiger partial charge in [0, 0.05) is 18.0 Å². The Balaban J connectivity index is 1.51. The number of anilines is 1. The summed E-state index contributed by atoms with van der Waals surface area (Å²) < 4.78 is 0. The molecule has 2 aromatic carbocycles. The zero-order valence-corrected chi connectivity index (χ0v) is 22.7. The van der Waals surface area contributed by atoms with Gasteiger partial charge >= 0.3 is 0 Å². The van der Waals surface area contributed by atoms with Crippen molar-refractivity contribution in [3.05, 3.63) is 70.3 Å². The second-order valence-corrected chi connectivity index (χ2v) is 12.2. The van der Waals surface area contributed by atoms with Crippen LogP contribution >= 0.6 is 34.8 Å². The maximum atomic E-state index is 13.9. The summed E-state index contributed by atoms with van der Waals surface area (Å²) in [7, 11) is 1.34. The molecule has 6 rings (SSSR count). The Hall–Kier alpha value is -2.87. The summed E-state index contributed by atoms with van der Waals surface area (Å²) in [5.74, 6) is -5.07. The van der Waals surface area contributed by atoms with Crippen LogP contribution in [0.25, 0.3) is 0 Å². The van der Waals surface area contributed by atoms with Crippen molar-refractivity contribution in [2.75, 3.05) is 11.9 Å². The lowest BCUT2D eigenvalue weighted by Crippen LogP contribution is -2.60. The number of aryl methyl sites for hydroxylation is 1. The SMILES string of the molecule is Cc1ccc(N2C(=O)[C@H]3[C@H](CC=C4[C@H]3C[C@@]3(Cl)C(=O)N(C)C(=O)[C@@]3(Cl)[C@H]4c3cccc(O)c3)C2=O)cc1Cl. The number of aromatic hydroxyl groups is 1. The van der Waals surface area contributed by atoms with Gasteiger partial charge in [-0.05, 0) is 61.1 Å². The van der Waals surface area contributed by atoms with Gasteiger partial charge in [0.1, 0.15) is 5.75 Å². The van der Waals surface area contributed by atoms with Crippen molar-refractivity contribution in [1.82, 2.24) is 4.90 Å². The first kappa shape index (κ1) is 25.4. The predicted molar refractivity (Wildman–Crippen MR) is 142 cm³/mol. The number of hydrogen-bond acceptors (Lipinski definition) is 5. The van der Waals surface area contributed by atoms with Crippen LogP contribution in [0.2, 0.25) is 5.02 Å². The molecular weight excluding hydrogens is 551 g/mol. The Kier molecular flexibility index (Phi) is 5.56. The minimum absolute atomic E-state index is 0.0426. The normalized spacial score (nSPS) is 34.3. The Morgan fingerprint density at radius 1 is 0.974 bits per heavy atom. The highest BCUT2D eigenvalue weighted by molar-refractivity contribution is 6.53. The van der Waals surface area contributed by atoms with Crippen LogP contribution in [0.5, 0.6) is 5.75 Å². The van der Waals surface area contributed by atoms with Crippen LogP contribution in [0.4, 0.5) is 5.69 Å². The van der Waals surface area contributed by atoms with Crippen molar-refractivity contribution < 1.29 is 24.3 Å². The number of phenolic OH excluding ortho intramolecular Hbond substituents is 1. The third kappa shape index (κ3) is 3.09. The number of fused-ring (bicyclic) bond motifs is 4. The fourth-order valence-corrected chi connectivity index (χ4v) is 7.99. The lowest BCUT2D eigenvalue weighted by molar-refractivity contribution is -0.138. The van der Waals surface area contributed by atoms with E-state index in [9.17, 15) is 24.3 Å². The molecule has 1 N–H and O–H groups in total. The summed E-state index contributed by atoms with van der Waals surface area (Å²) in [6.07, 6.45) is 2.03. The molecular formula is C28H23Cl3N2O5. The maximum Gasteiger partial charge on any atom is 0.253 e. The number of carbonyl (C=O) groups excluding carboxylic acids is 4. The molecule has 1 saturated carbocycles. The molecule has 2 aromatic rings. The van der Waals surface area contributed by atoms with Crippen LogP contribution < -0.4 is 4.90 Å². The fourth-order valence-electron chi connectivity index (χ4n) is 6.80. The van der Waals surface area contributed by atoms with E-state index < -0.39 is 51.1 Å². The van der Waals surface area contributed by atoms with Gasteiger partial charge in [-0.15, -0.1) is 23.2 Å². The number of halogens is 3. The van der Waals surface area contributed by atoms with E-state index in [0.717, 1.165) is 15.4 Å². The van der Waals surface area contributed by atoms with Crippen LogP contribution in [0.3, 0.4) is 0 Å². The molecule has 3 fully saturated rings. The summed E-state index contributed by atoms with van der Waals surface area (Å²) in [5, 5.41) is 10.7. The molecule has 0 spiro atoms. The molecule has 4 aliphatic rings. The van der Waals surface area contributed by atoms with Crippen LogP contribution in [-0.4, -0.2) is 50.4 Å². The van der Waals surface area contributed by atoms with Crippen LogP contribution in [0.15, 0.2) is 54.1 Å². The van der Waals surface area contributed by atoms with Crippen molar-refractivity contribution in [3.8, 4) is 5.75 Å². The Bertz CT molecular complexity index is 1490. The number of rotatable bonds is 2. The van der Waals surface area contributed by atoms with Gasteiger partial charge < -0.3 is 5.11 Å². The van der Waals surface area contributed by atoms with Crippen LogP contribution in [0, 0.1) is 24.7 Å². The number of nitrogens with zero attached hydrogens (tertiary/aromatic N) is 2. The van der Waals surface area contributed by atoms with Gasteiger partial charge in [0.15, 0.2) is 9.75 Å². The molecule has 0 unspecified atom stereocenters. The van der Waals surface area contributed by atoms with Crippen molar-refractivity contribution >= 4 is 64.1 Å². The lowest BCUT2D eigenvalue weighted by atomic mass is 9.56. The molecule has 2 heterocycles. The second kappa shape index (κ2) is 8.31. The number of carbonyl (C=O) groups is 4. The summed E-state index contributed by atoms with van der Waals surface area (Å²) in [6, 6.07) is 11.3. The number of phenols is 1. The standard InChI is InChI=1S/C28H23Cl3N2O5/c1-13-6-7-15(11-20(13)29)33-23(35)18-9-8-17-19(21(18)24(33)36)12-27(30)25(37)32(2)26(38)28(27,31)22(17)14-4-3-5-16(34)10-14/h3-8,10-11,18-19,21-22,34H,9,12H2,1-2H3/t18-,19+,21-,22-,27+,28-/m0/s1. The Morgan fingerprint density at radius 3 is 2.39 bits per heavy atom. The lowest BCUT2D eigenvalue weighted by Gasteiger charge is -2.50. The van der Waals surface area contributed by atoms with E-state index in [-0.39, 0.29) is 24.5 Å². The van der Waals surface area contributed by atoms with E-state index >= 15 is 0 Å². The molecule has 0 bridgehead atoms. The van der Waals surface area contributed by atoms with Gasteiger partial charge in [0.2, 0.25) is 11.8 Å². The summed E-state index contributed by atoms with van der Waals surface area (Å²) in [4.78, 5) is 52.8. The van der Waals surface area contributed by atoms with E-state index in [0.29, 0.717) is 21.8 Å². The van der Waals surface area contributed by atoms with Gasteiger partial charge in [-0.1, -0.05) is 41.4 Å². The van der Waals surface area contributed by atoms with E-state index in [1.54, 1.807) is 30.3 Å². The first-order valence-corrected chi connectivity index (χ1v) is 13.4. The molecule has 196 valence electrons. The average Bonchev–Trinajstić information content (AvgIpc) is 3.20. The third-order valence-corrected chi connectivity index (χ3v) is 10.5. The van der Waals surface area contributed by atoms with Crippen molar-refractivity contribution in [2.45, 2.75) is 35.4 Å². The molecule has 7 nitrogen and oxygen atoms in total. The number of imide groups is 2. The van der Waals surface area contributed by atoms with Crippen molar-refractivity contribution in [2.24, 2.45) is 17.8 Å². The van der Waals surface area contributed by atoms with Gasteiger partial charge in [0.05, 0.1) is 17.5 Å². The summed E-state index contributed by atoms with van der Waals surface area (Å²) in [5.41, 5.74) is 2.36. The first-order valence-electron chi connectivity index (χ1n) is 12.2. The third-order valence-electron chi connectivity index (χ3n) is 8.63. The quantitative estimate of drug-likeness (QED) is 0.323. The van der Waals surface area contributed by atoms with Crippen LogP contribution in [0.1, 0.15) is 29.9 Å². The highest BCUT2D eigenvalue weighted by Gasteiger charge is 2.75. The molecule has 38 heavy (non-hydrogen) atoms. The molecule has 2 aliphatic heterocycles. The number of likely N-dealkylation sites (tertiary alicyclic amines) is 1. The van der Waals surface area contributed by atoms with Gasteiger partial charge in [0.25, 0.3) is 11.8 Å². The minimum atomic E-state index is -1.88. The number of hydrogen-bond donors (Lipinski definition) is 1. The van der Waals surface area contributed by atoms with E-state index in [4.69, 9.17) is 34.8 Å². The number of allylic oxidation sites excluding steroid dienone is 2. The van der Waals surface area contributed by atoms with E-state index in [1.807, 2.05) is 13.0 Å². The number of amides is 4. The molecule has 6 atom stereocenters. The highest BCUT2D eigenvalue weighted by atomic mass is 35.5.